The van der Waals surface area contributed by atoms with Crippen molar-refractivity contribution in [3.8, 4) is 11.3 Å². The van der Waals surface area contributed by atoms with Crippen LogP contribution in [0.25, 0.3) is 22.3 Å². The highest BCUT2D eigenvalue weighted by molar-refractivity contribution is 5.93. The third kappa shape index (κ3) is 4.47. The molecule has 0 spiro atoms. The van der Waals surface area contributed by atoms with Crippen molar-refractivity contribution >= 4 is 34.0 Å². The van der Waals surface area contributed by atoms with Crippen LogP contribution in [0.1, 0.15) is 0 Å². The van der Waals surface area contributed by atoms with Crippen molar-refractivity contribution in [1.29, 1.82) is 0 Å². The first kappa shape index (κ1) is 21.5. The van der Waals surface area contributed by atoms with Gasteiger partial charge in [0.1, 0.15) is 11.2 Å². The lowest BCUT2D eigenvalue weighted by Gasteiger charge is -2.21. The Labute approximate surface area is 188 Å². The lowest BCUT2D eigenvalue weighted by Crippen LogP contribution is -2.28. The van der Waals surface area contributed by atoms with Gasteiger partial charge < -0.3 is 25.0 Å². The molecule has 0 atom stereocenters. The molecule has 0 aliphatic carbocycles. The maximum Gasteiger partial charge on any atom is 0.154 e. The molecular formula is C23H29N9. The monoisotopic (exact) mass is 431 g/mol. The first-order valence-corrected chi connectivity index (χ1v) is 10.5. The number of aromatic nitrogens is 5. The minimum atomic E-state index is 0.660. The Morgan fingerprint density at radius 3 is 2.47 bits per heavy atom. The molecule has 0 saturated carbocycles. The van der Waals surface area contributed by atoms with Crippen molar-refractivity contribution in [3.05, 3.63) is 49.2 Å². The summed E-state index contributed by atoms with van der Waals surface area (Å²) in [6, 6.07) is 8.31. The SMILES string of the molecule is CNc1nc(Nc2ccc(N(C)CCN(C)C)cc2)cnc1-c1cncc2c1ncn2C. The van der Waals surface area contributed by atoms with Crippen LogP contribution in [-0.2, 0) is 7.05 Å². The van der Waals surface area contributed by atoms with E-state index in [9.17, 15) is 0 Å². The van der Waals surface area contributed by atoms with Gasteiger partial charge in [0, 0.05) is 51.8 Å². The number of hydrogen-bond acceptors (Lipinski definition) is 8. The molecule has 32 heavy (non-hydrogen) atoms. The van der Waals surface area contributed by atoms with Gasteiger partial charge in [-0.05, 0) is 38.4 Å². The standard InChI is InChI=1S/C23H29N9/c1-24-23-22(18-12-25-13-19-21(18)27-15-32(19)5)26-14-20(29-23)28-16-6-8-17(9-7-16)31(4)11-10-30(2)3/h6-9,12-15H,10-11H2,1-5H3,(H2,24,28,29). The Kier molecular flexibility index (Phi) is 6.18. The number of aryl methyl sites for hydroxylation is 1. The fourth-order valence-corrected chi connectivity index (χ4v) is 3.46. The fourth-order valence-electron chi connectivity index (χ4n) is 3.46. The number of benzene rings is 1. The van der Waals surface area contributed by atoms with E-state index in [0.29, 0.717) is 17.3 Å². The molecule has 0 amide bonds. The summed E-state index contributed by atoms with van der Waals surface area (Å²) < 4.78 is 1.94. The Morgan fingerprint density at radius 1 is 0.969 bits per heavy atom. The van der Waals surface area contributed by atoms with E-state index < -0.39 is 0 Å². The number of imidazole rings is 1. The Hall–Kier alpha value is -3.72. The van der Waals surface area contributed by atoms with Crippen molar-refractivity contribution in [1.82, 2.24) is 29.4 Å². The summed E-state index contributed by atoms with van der Waals surface area (Å²) in [6.07, 6.45) is 7.09. The molecule has 4 rings (SSSR count). The van der Waals surface area contributed by atoms with E-state index in [0.717, 1.165) is 35.4 Å². The molecule has 2 N–H and O–H groups in total. The predicted molar refractivity (Wildman–Crippen MR) is 131 cm³/mol. The van der Waals surface area contributed by atoms with Gasteiger partial charge in [0.25, 0.3) is 0 Å². The largest absolute Gasteiger partial charge is 0.373 e. The van der Waals surface area contributed by atoms with Crippen LogP contribution in [0.5, 0.6) is 0 Å². The molecule has 0 aliphatic rings. The number of pyridine rings is 1. The molecule has 0 radical (unpaired) electrons. The van der Waals surface area contributed by atoms with Crippen molar-refractivity contribution < 1.29 is 0 Å². The molecule has 166 valence electrons. The summed E-state index contributed by atoms with van der Waals surface area (Å²) in [5.41, 5.74) is 5.48. The number of anilines is 4. The van der Waals surface area contributed by atoms with Crippen molar-refractivity contribution in [2.75, 3.05) is 56.8 Å². The van der Waals surface area contributed by atoms with Gasteiger partial charge in [0.15, 0.2) is 11.6 Å². The molecule has 3 heterocycles. The summed E-state index contributed by atoms with van der Waals surface area (Å²) in [7, 11) is 10.1. The number of rotatable bonds is 8. The van der Waals surface area contributed by atoms with Gasteiger partial charge in [-0.1, -0.05) is 0 Å². The molecule has 4 aromatic rings. The number of nitrogens with one attached hydrogen (secondary N) is 2. The molecule has 1 aromatic carbocycles. The maximum absolute atomic E-state index is 4.72. The normalized spacial score (nSPS) is 11.2. The van der Waals surface area contributed by atoms with E-state index in [4.69, 9.17) is 4.98 Å². The quantitative estimate of drug-likeness (QED) is 0.440. The fraction of sp³-hybridized carbons (Fsp3) is 0.304. The maximum atomic E-state index is 4.72. The van der Waals surface area contributed by atoms with Crippen molar-refractivity contribution in [2.45, 2.75) is 0 Å². The van der Waals surface area contributed by atoms with Crippen LogP contribution in [0.3, 0.4) is 0 Å². The number of hydrogen-bond donors (Lipinski definition) is 2. The summed E-state index contributed by atoms with van der Waals surface area (Å²) in [6.45, 7) is 1.98. The number of likely N-dealkylation sites (N-methyl/N-ethyl adjacent to an activating group) is 2. The van der Waals surface area contributed by atoms with Crippen LogP contribution >= 0.6 is 0 Å². The van der Waals surface area contributed by atoms with Gasteiger partial charge in [-0.3, -0.25) is 4.98 Å². The minimum Gasteiger partial charge on any atom is -0.373 e. The lowest BCUT2D eigenvalue weighted by molar-refractivity contribution is 0.416. The van der Waals surface area contributed by atoms with Crippen LogP contribution < -0.4 is 15.5 Å². The second kappa shape index (κ2) is 9.19. The second-order valence-corrected chi connectivity index (χ2v) is 8.01. The summed E-state index contributed by atoms with van der Waals surface area (Å²) >= 11 is 0. The van der Waals surface area contributed by atoms with E-state index in [-0.39, 0.29) is 0 Å². The van der Waals surface area contributed by atoms with Crippen LogP contribution in [0.15, 0.2) is 49.2 Å². The molecule has 9 nitrogen and oxygen atoms in total. The van der Waals surface area contributed by atoms with E-state index in [2.05, 4.69) is 80.8 Å². The molecule has 0 fully saturated rings. The highest BCUT2D eigenvalue weighted by Gasteiger charge is 2.15. The van der Waals surface area contributed by atoms with E-state index in [1.165, 1.54) is 5.69 Å². The molecular weight excluding hydrogens is 402 g/mol. The van der Waals surface area contributed by atoms with E-state index >= 15 is 0 Å². The minimum absolute atomic E-state index is 0.660. The highest BCUT2D eigenvalue weighted by Crippen LogP contribution is 2.30. The molecule has 0 bridgehead atoms. The molecule has 9 heteroatoms. The topological polar surface area (TPSA) is 87.0 Å². The molecule has 3 aromatic heterocycles. The zero-order valence-corrected chi connectivity index (χ0v) is 19.2. The van der Waals surface area contributed by atoms with Crippen molar-refractivity contribution in [3.63, 3.8) is 0 Å². The third-order valence-corrected chi connectivity index (χ3v) is 5.37. The Balaban J connectivity index is 1.54. The predicted octanol–water partition coefficient (Wildman–Crippen LogP) is 3.21. The van der Waals surface area contributed by atoms with Crippen LogP contribution in [-0.4, -0.2) is 70.7 Å². The molecule has 0 aliphatic heterocycles. The zero-order valence-electron chi connectivity index (χ0n) is 19.2. The third-order valence-electron chi connectivity index (χ3n) is 5.37. The van der Waals surface area contributed by atoms with Crippen LogP contribution in [0.4, 0.5) is 23.0 Å². The average molecular weight is 432 g/mol. The molecule has 0 saturated heterocycles. The first-order chi connectivity index (χ1) is 15.5. The van der Waals surface area contributed by atoms with Gasteiger partial charge in [-0.15, -0.1) is 0 Å². The summed E-state index contributed by atoms with van der Waals surface area (Å²) in [4.78, 5) is 22.7. The average Bonchev–Trinajstić information content (AvgIpc) is 3.19. The Bertz CT molecular complexity index is 1200. The van der Waals surface area contributed by atoms with Crippen LogP contribution in [0, 0.1) is 0 Å². The van der Waals surface area contributed by atoms with Gasteiger partial charge in [0.2, 0.25) is 0 Å². The second-order valence-electron chi connectivity index (χ2n) is 8.01. The number of nitrogens with zero attached hydrogens (tertiary/aromatic N) is 7. The first-order valence-electron chi connectivity index (χ1n) is 10.5. The summed E-state index contributed by atoms with van der Waals surface area (Å²) in [5.74, 6) is 1.32. The smallest absolute Gasteiger partial charge is 0.154 e. The van der Waals surface area contributed by atoms with E-state index in [1.807, 2.05) is 18.7 Å². The van der Waals surface area contributed by atoms with Gasteiger partial charge in [-0.2, -0.15) is 0 Å². The van der Waals surface area contributed by atoms with Gasteiger partial charge >= 0.3 is 0 Å². The highest BCUT2D eigenvalue weighted by atomic mass is 15.2. The van der Waals surface area contributed by atoms with Gasteiger partial charge in [-0.25, -0.2) is 15.0 Å². The Morgan fingerprint density at radius 2 is 1.75 bits per heavy atom. The number of fused-ring (bicyclic) bond motifs is 1. The van der Waals surface area contributed by atoms with Crippen molar-refractivity contribution in [2.24, 2.45) is 7.05 Å². The zero-order chi connectivity index (χ0) is 22.7. The van der Waals surface area contributed by atoms with E-state index in [1.54, 1.807) is 24.9 Å². The summed E-state index contributed by atoms with van der Waals surface area (Å²) in [5, 5.41) is 6.49. The van der Waals surface area contributed by atoms with Gasteiger partial charge in [0.05, 0.1) is 29.8 Å². The lowest BCUT2D eigenvalue weighted by atomic mass is 10.1. The molecule has 0 unspecified atom stereocenters. The van der Waals surface area contributed by atoms with Crippen LogP contribution in [0.2, 0.25) is 0 Å².